The quantitative estimate of drug-likeness (QED) is 0.885. The highest BCUT2D eigenvalue weighted by molar-refractivity contribution is 7.99. The van der Waals surface area contributed by atoms with Crippen LogP contribution in [0.5, 0.6) is 0 Å². The van der Waals surface area contributed by atoms with Crippen LogP contribution in [0.1, 0.15) is 18.6 Å². The highest BCUT2D eigenvalue weighted by Gasteiger charge is 2.01. The van der Waals surface area contributed by atoms with Gasteiger partial charge in [-0.2, -0.15) is 0 Å². The summed E-state index contributed by atoms with van der Waals surface area (Å²) in [4.78, 5) is 2.07. The molecule has 0 aromatic heterocycles. The number of aliphatic hydroxyl groups is 1. The Morgan fingerprint density at radius 3 is 1.88 bits per heavy atom. The Morgan fingerprint density at radius 1 is 0.941 bits per heavy atom. The van der Waals surface area contributed by atoms with Gasteiger partial charge in [0.2, 0.25) is 0 Å². The third kappa shape index (κ3) is 3.32. The first kappa shape index (κ1) is 12.1. The van der Waals surface area contributed by atoms with E-state index in [1.54, 1.807) is 30.8 Å². The predicted molar refractivity (Wildman–Crippen MR) is 67.6 cm³/mol. The summed E-state index contributed by atoms with van der Waals surface area (Å²) in [5, 5.41) is 9.39. The number of hydrogen-bond acceptors (Lipinski definition) is 2. The molecule has 0 fully saturated rings. The summed E-state index contributed by atoms with van der Waals surface area (Å²) in [7, 11) is 0. The van der Waals surface area contributed by atoms with Crippen LogP contribution in [-0.4, -0.2) is 5.11 Å². The van der Waals surface area contributed by atoms with E-state index in [4.69, 9.17) is 0 Å². The molecule has 0 saturated carbocycles. The molecule has 0 radical (unpaired) electrons. The predicted octanol–water partition coefficient (Wildman–Crippen LogP) is 4.03. The van der Waals surface area contributed by atoms with Gasteiger partial charge in [0.1, 0.15) is 5.82 Å². The molecule has 1 N–H and O–H groups in total. The van der Waals surface area contributed by atoms with Crippen LogP contribution in [0.3, 0.4) is 0 Å². The number of aliphatic hydroxyl groups excluding tert-OH is 1. The molecule has 88 valence electrons. The molecule has 1 atom stereocenters. The molecule has 2 rings (SSSR count). The largest absolute Gasteiger partial charge is 0.389 e. The molecule has 0 spiro atoms. The lowest BCUT2D eigenvalue weighted by Crippen LogP contribution is -1.89. The first-order valence-corrected chi connectivity index (χ1v) is 6.18. The average Bonchev–Trinajstić information content (AvgIpc) is 2.33. The first-order chi connectivity index (χ1) is 8.15. The lowest BCUT2D eigenvalue weighted by atomic mass is 10.1. The van der Waals surface area contributed by atoms with E-state index in [9.17, 15) is 9.50 Å². The van der Waals surface area contributed by atoms with Crippen LogP contribution in [0.15, 0.2) is 58.3 Å². The molecular weight excluding hydrogens is 235 g/mol. The van der Waals surface area contributed by atoms with Crippen LogP contribution in [0.2, 0.25) is 0 Å². The Hall–Kier alpha value is -1.32. The monoisotopic (exact) mass is 248 g/mol. The van der Waals surface area contributed by atoms with Crippen LogP contribution in [0.25, 0.3) is 0 Å². The fraction of sp³-hybridized carbons (Fsp3) is 0.143. The Balaban J connectivity index is 2.11. The van der Waals surface area contributed by atoms with E-state index in [-0.39, 0.29) is 5.82 Å². The molecule has 0 saturated heterocycles. The Kier molecular flexibility index (Phi) is 3.82. The van der Waals surface area contributed by atoms with Crippen LogP contribution >= 0.6 is 11.8 Å². The van der Waals surface area contributed by atoms with Crippen LogP contribution in [0, 0.1) is 5.82 Å². The van der Waals surface area contributed by atoms with E-state index < -0.39 is 6.10 Å². The minimum Gasteiger partial charge on any atom is -0.389 e. The number of benzene rings is 2. The second-order valence-electron chi connectivity index (χ2n) is 3.80. The third-order valence-electron chi connectivity index (χ3n) is 2.41. The first-order valence-electron chi connectivity index (χ1n) is 5.36. The summed E-state index contributed by atoms with van der Waals surface area (Å²) < 4.78 is 12.7. The summed E-state index contributed by atoms with van der Waals surface area (Å²) in [6, 6.07) is 14.1. The standard InChI is InChI=1S/C14H13FOS/c1-10(16)11-2-6-13(7-3-11)17-14-8-4-12(15)5-9-14/h2-10,16H,1H3/t10-/m1/s1. The van der Waals surface area contributed by atoms with Crippen molar-refractivity contribution in [1.82, 2.24) is 0 Å². The average molecular weight is 248 g/mol. The maximum Gasteiger partial charge on any atom is 0.123 e. The summed E-state index contributed by atoms with van der Waals surface area (Å²) in [6.45, 7) is 1.74. The lowest BCUT2D eigenvalue weighted by Gasteiger charge is -2.06. The Morgan fingerprint density at radius 2 is 1.41 bits per heavy atom. The molecule has 0 unspecified atom stereocenters. The van der Waals surface area contributed by atoms with E-state index in [1.807, 2.05) is 24.3 Å². The maximum atomic E-state index is 12.7. The van der Waals surface area contributed by atoms with Crippen molar-refractivity contribution in [3.63, 3.8) is 0 Å². The van der Waals surface area contributed by atoms with Gasteiger partial charge in [-0.1, -0.05) is 23.9 Å². The number of halogens is 1. The topological polar surface area (TPSA) is 20.2 Å². The smallest absolute Gasteiger partial charge is 0.123 e. The highest BCUT2D eigenvalue weighted by Crippen LogP contribution is 2.28. The zero-order valence-corrected chi connectivity index (χ0v) is 10.2. The minimum atomic E-state index is -0.445. The van der Waals surface area contributed by atoms with Crippen molar-refractivity contribution in [1.29, 1.82) is 0 Å². The fourth-order valence-corrected chi connectivity index (χ4v) is 2.27. The van der Waals surface area contributed by atoms with Crippen molar-refractivity contribution in [3.05, 3.63) is 59.9 Å². The van der Waals surface area contributed by atoms with Gasteiger partial charge < -0.3 is 5.11 Å². The molecule has 0 aliphatic heterocycles. The van der Waals surface area contributed by atoms with Gasteiger partial charge in [0.15, 0.2) is 0 Å². The Labute approximate surface area is 104 Å². The molecule has 0 heterocycles. The minimum absolute atomic E-state index is 0.223. The summed E-state index contributed by atoms with van der Waals surface area (Å²) >= 11 is 1.57. The van der Waals surface area contributed by atoms with Gasteiger partial charge in [-0.05, 0) is 48.9 Å². The van der Waals surface area contributed by atoms with Gasteiger partial charge in [-0.15, -0.1) is 0 Å². The van der Waals surface area contributed by atoms with Gasteiger partial charge in [-0.25, -0.2) is 4.39 Å². The molecule has 2 aromatic carbocycles. The molecule has 0 aliphatic rings. The number of hydrogen-bond donors (Lipinski definition) is 1. The zero-order chi connectivity index (χ0) is 12.3. The molecule has 17 heavy (non-hydrogen) atoms. The lowest BCUT2D eigenvalue weighted by molar-refractivity contribution is 0.199. The van der Waals surface area contributed by atoms with Gasteiger partial charge in [-0.3, -0.25) is 0 Å². The third-order valence-corrected chi connectivity index (χ3v) is 3.43. The maximum absolute atomic E-state index is 12.7. The molecule has 0 bridgehead atoms. The van der Waals surface area contributed by atoms with Crippen molar-refractivity contribution in [2.24, 2.45) is 0 Å². The summed E-state index contributed by atoms with van der Waals surface area (Å²) in [5.74, 6) is -0.223. The van der Waals surface area contributed by atoms with E-state index >= 15 is 0 Å². The van der Waals surface area contributed by atoms with Crippen molar-refractivity contribution in [2.45, 2.75) is 22.8 Å². The van der Waals surface area contributed by atoms with E-state index in [1.165, 1.54) is 12.1 Å². The normalized spacial score (nSPS) is 12.4. The molecule has 3 heteroatoms. The second kappa shape index (κ2) is 5.34. The van der Waals surface area contributed by atoms with Gasteiger partial charge in [0.05, 0.1) is 6.10 Å². The van der Waals surface area contributed by atoms with Gasteiger partial charge in [0.25, 0.3) is 0 Å². The number of rotatable bonds is 3. The van der Waals surface area contributed by atoms with Crippen LogP contribution in [-0.2, 0) is 0 Å². The highest BCUT2D eigenvalue weighted by atomic mass is 32.2. The van der Waals surface area contributed by atoms with Crippen molar-refractivity contribution >= 4 is 11.8 Å². The molecule has 0 amide bonds. The van der Waals surface area contributed by atoms with Gasteiger partial charge >= 0.3 is 0 Å². The SMILES string of the molecule is C[C@@H](O)c1ccc(Sc2ccc(F)cc2)cc1. The second-order valence-corrected chi connectivity index (χ2v) is 4.95. The Bertz CT molecular complexity index is 477. The summed E-state index contributed by atoms with van der Waals surface area (Å²) in [5.41, 5.74) is 0.897. The van der Waals surface area contributed by atoms with Crippen molar-refractivity contribution < 1.29 is 9.50 Å². The van der Waals surface area contributed by atoms with E-state index in [0.29, 0.717) is 0 Å². The van der Waals surface area contributed by atoms with Crippen LogP contribution in [0.4, 0.5) is 4.39 Å². The molecule has 0 aliphatic carbocycles. The molecular formula is C14H13FOS. The summed E-state index contributed by atoms with van der Waals surface area (Å²) in [6.07, 6.45) is -0.445. The van der Waals surface area contributed by atoms with E-state index in [0.717, 1.165) is 15.4 Å². The zero-order valence-electron chi connectivity index (χ0n) is 9.43. The van der Waals surface area contributed by atoms with Crippen molar-refractivity contribution in [2.75, 3.05) is 0 Å². The fourth-order valence-electron chi connectivity index (χ4n) is 1.45. The van der Waals surface area contributed by atoms with Crippen LogP contribution < -0.4 is 0 Å². The van der Waals surface area contributed by atoms with E-state index in [2.05, 4.69) is 0 Å². The van der Waals surface area contributed by atoms with Gasteiger partial charge in [0, 0.05) is 9.79 Å². The molecule has 2 aromatic rings. The van der Waals surface area contributed by atoms with Crippen molar-refractivity contribution in [3.8, 4) is 0 Å². The molecule has 1 nitrogen and oxygen atoms in total.